The van der Waals surface area contributed by atoms with Crippen molar-refractivity contribution < 1.29 is 4.42 Å². The van der Waals surface area contributed by atoms with Crippen LogP contribution in [0.15, 0.2) is 10.7 Å². The second kappa shape index (κ2) is 5.51. The fourth-order valence-electron chi connectivity index (χ4n) is 2.11. The van der Waals surface area contributed by atoms with E-state index in [0.29, 0.717) is 6.04 Å². The fraction of sp³-hybridized carbons (Fsp3) is 0.750. The molecule has 2 heterocycles. The van der Waals surface area contributed by atoms with E-state index in [4.69, 9.17) is 4.42 Å². The van der Waals surface area contributed by atoms with Crippen LogP contribution in [0.4, 0.5) is 6.01 Å². The van der Waals surface area contributed by atoms with Crippen LogP contribution in [0, 0.1) is 0 Å². The molecule has 5 heteroatoms. The molecule has 0 aromatic carbocycles. The van der Waals surface area contributed by atoms with Gasteiger partial charge >= 0.3 is 0 Å². The molecule has 1 N–H and O–H groups in total. The maximum absolute atomic E-state index is 5.53. The van der Waals surface area contributed by atoms with Gasteiger partial charge in [0.05, 0.1) is 5.69 Å². The molecule has 96 valence electrons. The predicted octanol–water partition coefficient (Wildman–Crippen LogP) is 0.924. The maximum atomic E-state index is 5.53. The van der Waals surface area contributed by atoms with Crippen LogP contribution in [0.1, 0.15) is 19.0 Å². The Bertz CT molecular complexity index is 350. The smallest absolute Gasteiger partial charge is 0.297 e. The molecule has 1 unspecified atom stereocenters. The van der Waals surface area contributed by atoms with E-state index in [-0.39, 0.29) is 0 Å². The molecule has 1 aliphatic heterocycles. The molecule has 2 rings (SSSR count). The van der Waals surface area contributed by atoms with E-state index in [1.54, 1.807) is 6.26 Å². The van der Waals surface area contributed by atoms with E-state index in [9.17, 15) is 0 Å². The monoisotopic (exact) mass is 238 g/mol. The highest BCUT2D eigenvalue weighted by atomic mass is 16.4. The molecule has 1 aliphatic rings. The fourth-order valence-corrected chi connectivity index (χ4v) is 2.11. The topological polar surface area (TPSA) is 44.5 Å². The molecule has 1 fully saturated rings. The number of hydrogen-bond acceptors (Lipinski definition) is 5. The van der Waals surface area contributed by atoms with Crippen molar-refractivity contribution in [2.45, 2.75) is 25.9 Å². The van der Waals surface area contributed by atoms with E-state index in [1.165, 1.54) is 6.42 Å². The van der Waals surface area contributed by atoms with Gasteiger partial charge in [-0.2, -0.15) is 4.98 Å². The number of hydrogen-bond donors (Lipinski definition) is 1. The number of aromatic nitrogens is 1. The quantitative estimate of drug-likeness (QED) is 0.826. The molecular formula is C12H22N4O. The van der Waals surface area contributed by atoms with Crippen LogP contribution < -0.4 is 10.2 Å². The van der Waals surface area contributed by atoms with Gasteiger partial charge in [0.15, 0.2) is 0 Å². The van der Waals surface area contributed by atoms with Crippen LogP contribution in [0.5, 0.6) is 0 Å². The van der Waals surface area contributed by atoms with Crippen LogP contribution in [0.25, 0.3) is 0 Å². The Hall–Kier alpha value is -1.07. The van der Waals surface area contributed by atoms with Crippen LogP contribution >= 0.6 is 0 Å². The standard InChI is InChI=1S/C12H22N4O/c1-4-13-7-10-9-17-12(14-10)16-6-5-11(8-16)15(2)3/h9,11,13H,4-8H2,1-3H3. The normalized spacial score (nSPS) is 20.5. The Kier molecular flexibility index (Phi) is 4.02. The lowest BCUT2D eigenvalue weighted by Gasteiger charge is -2.19. The molecule has 5 nitrogen and oxygen atoms in total. The van der Waals surface area contributed by atoms with E-state index < -0.39 is 0 Å². The predicted molar refractivity (Wildman–Crippen MR) is 68.2 cm³/mol. The summed E-state index contributed by atoms with van der Waals surface area (Å²) in [5.74, 6) is 0. The molecule has 0 bridgehead atoms. The lowest BCUT2D eigenvalue weighted by Crippen LogP contribution is -2.31. The lowest BCUT2D eigenvalue weighted by molar-refractivity contribution is 0.315. The zero-order valence-electron chi connectivity index (χ0n) is 10.9. The van der Waals surface area contributed by atoms with E-state index in [0.717, 1.165) is 37.9 Å². The summed E-state index contributed by atoms with van der Waals surface area (Å²) >= 11 is 0. The first kappa shape index (κ1) is 12.4. The van der Waals surface area contributed by atoms with Gasteiger partial charge in [-0.05, 0) is 27.1 Å². The summed E-state index contributed by atoms with van der Waals surface area (Å²) in [6.45, 7) is 5.86. The van der Waals surface area contributed by atoms with Gasteiger partial charge < -0.3 is 19.5 Å². The van der Waals surface area contributed by atoms with Crippen molar-refractivity contribution in [1.29, 1.82) is 0 Å². The SMILES string of the molecule is CCNCc1coc(N2CCC(N(C)C)C2)n1. The molecular weight excluding hydrogens is 216 g/mol. The highest BCUT2D eigenvalue weighted by molar-refractivity contribution is 5.29. The van der Waals surface area contributed by atoms with E-state index in [2.05, 4.69) is 41.1 Å². The summed E-state index contributed by atoms with van der Waals surface area (Å²) < 4.78 is 5.53. The van der Waals surface area contributed by atoms with Gasteiger partial charge in [-0.3, -0.25) is 0 Å². The van der Waals surface area contributed by atoms with Crippen molar-refractivity contribution in [2.75, 3.05) is 38.6 Å². The first-order valence-corrected chi connectivity index (χ1v) is 6.27. The van der Waals surface area contributed by atoms with Gasteiger partial charge in [-0.1, -0.05) is 6.92 Å². The first-order chi connectivity index (χ1) is 8.20. The minimum Gasteiger partial charge on any atom is -0.432 e. The molecule has 0 saturated carbocycles. The third-order valence-corrected chi connectivity index (χ3v) is 3.26. The molecule has 0 spiro atoms. The van der Waals surface area contributed by atoms with Gasteiger partial charge in [0.2, 0.25) is 0 Å². The van der Waals surface area contributed by atoms with Gasteiger partial charge in [0.25, 0.3) is 6.01 Å². The number of nitrogens with one attached hydrogen (secondary N) is 1. The Labute approximate surface area is 103 Å². The largest absolute Gasteiger partial charge is 0.432 e. The Morgan fingerprint density at radius 1 is 1.59 bits per heavy atom. The zero-order valence-corrected chi connectivity index (χ0v) is 10.9. The lowest BCUT2D eigenvalue weighted by atomic mass is 10.2. The summed E-state index contributed by atoms with van der Waals surface area (Å²) in [4.78, 5) is 8.99. The van der Waals surface area contributed by atoms with E-state index >= 15 is 0 Å². The number of likely N-dealkylation sites (N-methyl/N-ethyl adjacent to an activating group) is 1. The maximum Gasteiger partial charge on any atom is 0.297 e. The minimum absolute atomic E-state index is 0.610. The van der Waals surface area contributed by atoms with Crippen LogP contribution in [-0.2, 0) is 6.54 Å². The summed E-state index contributed by atoms with van der Waals surface area (Å²) in [5, 5.41) is 3.25. The third kappa shape index (κ3) is 2.98. The molecule has 1 aromatic rings. The average molecular weight is 238 g/mol. The van der Waals surface area contributed by atoms with Crippen LogP contribution in [0.2, 0.25) is 0 Å². The zero-order chi connectivity index (χ0) is 12.3. The molecule has 1 saturated heterocycles. The summed E-state index contributed by atoms with van der Waals surface area (Å²) in [5.41, 5.74) is 0.982. The van der Waals surface area contributed by atoms with Crippen molar-refractivity contribution in [1.82, 2.24) is 15.2 Å². The van der Waals surface area contributed by atoms with Gasteiger partial charge in [0.1, 0.15) is 6.26 Å². The van der Waals surface area contributed by atoms with Crippen molar-refractivity contribution in [2.24, 2.45) is 0 Å². The van der Waals surface area contributed by atoms with Crippen molar-refractivity contribution in [3.8, 4) is 0 Å². The van der Waals surface area contributed by atoms with Crippen molar-refractivity contribution in [3.05, 3.63) is 12.0 Å². The number of anilines is 1. The molecule has 0 amide bonds. The molecule has 1 atom stereocenters. The van der Waals surface area contributed by atoms with E-state index in [1.807, 2.05) is 0 Å². The van der Waals surface area contributed by atoms with Gasteiger partial charge in [-0.15, -0.1) is 0 Å². The Morgan fingerprint density at radius 3 is 3.06 bits per heavy atom. The third-order valence-electron chi connectivity index (χ3n) is 3.26. The Balaban J connectivity index is 1.92. The number of rotatable bonds is 5. The molecule has 0 radical (unpaired) electrons. The molecule has 0 aliphatic carbocycles. The number of oxazole rings is 1. The van der Waals surface area contributed by atoms with Gasteiger partial charge in [0, 0.05) is 25.7 Å². The Morgan fingerprint density at radius 2 is 2.41 bits per heavy atom. The van der Waals surface area contributed by atoms with Crippen molar-refractivity contribution >= 4 is 6.01 Å². The molecule has 17 heavy (non-hydrogen) atoms. The average Bonchev–Trinajstić information content (AvgIpc) is 2.94. The van der Waals surface area contributed by atoms with Crippen molar-refractivity contribution in [3.63, 3.8) is 0 Å². The molecule has 1 aromatic heterocycles. The summed E-state index contributed by atoms with van der Waals surface area (Å²) in [6.07, 6.45) is 2.93. The minimum atomic E-state index is 0.610. The highest BCUT2D eigenvalue weighted by Gasteiger charge is 2.26. The first-order valence-electron chi connectivity index (χ1n) is 6.27. The highest BCUT2D eigenvalue weighted by Crippen LogP contribution is 2.21. The summed E-state index contributed by atoms with van der Waals surface area (Å²) in [6, 6.07) is 1.38. The summed E-state index contributed by atoms with van der Waals surface area (Å²) in [7, 11) is 4.25. The van der Waals surface area contributed by atoms with Crippen LogP contribution in [0.3, 0.4) is 0 Å². The number of nitrogens with zero attached hydrogens (tertiary/aromatic N) is 3. The van der Waals surface area contributed by atoms with Crippen LogP contribution in [-0.4, -0.2) is 49.7 Å². The second-order valence-electron chi connectivity index (χ2n) is 4.75. The second-order valence-corrected chi connectivity index (χ2v) is 4.75. The van der Waals surface area contributed by atoms with Gasteiger partial charge in [-0.25, -0.2) is 0 Å².